The number of carbonyl (C=O) groups excluding carboxylic acids is 1. The number of benzene rings is 2. The van der Waals surface area contributed by atoms with E-state index in [4.69, 9.17) is 0 Å². The lowest BCUT2D eigenvalue weighted by Gasteiger charge is -2.35. The van der Waals surface area contributed by atoms with E-state index >= 15 is 0 Å². The van der Waals surface area contributed by atoms with Crippen molar-refractivity contribution in [2.24, 2.45) is 0 Å². The zero-order chi connectivity index (χ0) is 20.5. The summed E-state index contributed by atoms with van der Waals surface area (Å²) in [6.07, 6.45) is 1.82. The Morgan fingerprint density at radius 2 is 1.47 bits per heavy atom. The Balaban J connectivity index is 1.19. The van der Waals surface area contributed by atoms with Crippen molar-refractivity contribution in [1.82, 2.24) is 19.7 Å². The number of aliphatic hydroxyl groups is 1. The van der Waals surface area contributed by atoms with Gasteiger partial charge in [0.05, 0.1) is 19.2 Å². The van der Waals surface area contributed by atoms with Gasteiger partial charge in [-0.2, -0.15) is 0 Å². The lowest BCUT2D eigenvalue weighted by atomic mass is 10.2. The van der Waals surface area contributed by atoms with Gasteiger partial charge in [-0.1, -0.05) is 36.4 Å². The zero-order valence-corrected chi connectivity index (χ0v) is 17.3. The molecule has 158 valence electrons. The molecule has 1 aliphatic heterocycles. The van der Waals surface area contributed by atoms with Gasteiger partial charge in [0.2, 0.25) is 5.91 Å². The molecule has 6 nitrogen and oxygen atoms in total. The maximum atomic E-state index is 12.0. The van der Waals surface area contributed by atoms with Gasteiger partial charge in [0.15, 0.2) is 0 Å². The highest BCUT2D eigenvalue weighted by atomic mass is 16.3. The van der Waals surface area contributed by atoms with E-state index in [1.807, 2.05) is 0 Å². The van der Waals surface area contributed by atoms with E-state index in [0.29, 0.717) is 25.7 Å². The van der Waals surface area contributed by atoms with E-state index in [-0.39, 0.29) is 5.91 Å². The average molecular weight is 407 g/mol. The van der Waals surface area contributed by atoms with Gasteiger partial charge < -0.3 is 15.0 Å². The van der Waals surface area contributed by atoms with Gasteiger partial charge in [-0.3, -0.25) is 14.6 Å². The first-order chi connectivity index (χ1) is 14.7. The van der Waals surface area contributed by atoms with Crippen LogP contribution in [0.2, 0.25) is 0 Å². The standard InChI is InChI=1S/C24H30N4O2/c29-19(15-26-11-13-27(14-12-26)17-24(30)25-18-9-10-18)16-28-22-7-3-1-5-20(22)21-6-2-4-8-23(21)28/h1-8,18-19,29H,9-17H2,(H,25,30)/t19-/m0/s1. The molecular weight excluding hydrogens is 376 g/mol. The molecule has 0 bridgehead atoms. The Labute approximate surface area is 177 Å². The van der Waals surface area contributed by atoms with Crippen LogP contribution in [0.15, 0.2) is 48.5 Å². The Morgan fingerprint density at radius 3 is 2.07 bits per heavy atom. The Bertz CT molecular complexity index is 981. The van der Waals surface area contributed by atoms with Crippen molar-refractivity contribution in [3.8, 4) is 0 Å². The van der Waals surface area contributed by atoms with Gasteiger partial charge in [-0.05, 0) is 25.0 Å². The van der Waals surface area contributed by atoms with Gasteiger partial charge >= 0.3 is 0 Å². The molecule has 1 saturated carbocycles. The summed E-state index contributed by atoms with van der Waals surface area (Å²) >= 11 is 0. The molecule has 0 radical (unpaired) electrons. The van der Waals surface area contributed by atoms with Crippen LogP contribution in [-0.4, -0.2) is 76.8 Å². The van der Waals surface area contributed by atoms with E-state index in [2.05, 4.69) is 68.2 Å². The molecule has 30 heavy (non-hydrogen) atoms. The molecule has 0 spiro atoms. The second-order valence-electron chi connectivity index (χ2n) is 8.72. The number of β-amino-alcohol motifs (C(OH)–C–C–N with tert-alkyl or cyclic N) is 1. The highest BCUT2D eigenvalue weighted by Crippen LogP contribution is 2.29. The molecule has 6 heteroatoms. The molecule has 2 fully saturated rings. The first-order valence-corrected chi connectivity index (χ1v) is 11.1. The minimum atomic E-state index is -0.436. The fourth-order valence-corrected chi connectivity index (χ4v) is 4.60. The third-order valence-corrected chi connectivity index (χ3v) is 6.32. The summed E-state index contributed by atoms with van der Waals surface area (Å²) < 4.78 is 2.24. The van der Waals surface area contributed by atoms with Crippen LogP contribution in [0.25, 0.3) is 21.8 Å². The van der Waals surface area contributed by atoms with Crippen LogP contribution in [0, 0.1) is 0 Å². The molecule has 1 amide bonds. The van der Waals surface area contributed by atoms with Gasteiger partial charge in [-0.15, -0.1) is 0 Å². The highest BCUT2D eigenvalue weighted by molar-refractivity contribution is 6.07. The van der Waals surface area contributed by atoms with Crippen molar-refractivity contribution in [2.75, 3.05) is 39.3 Å². The predicted molar refractivity (Wildman–Crippen MR) is 119 cm³/mol. The number of amides is 1. The SMILES string of the molecule is O=C(CN1CCN(C[C@H](O)Cn2c3ccccc3c3ccccc32)CC1)NC1CC1. The predicted octanol–water partition coefficient (Wildman–Crippen LogP) is 2.05. The molecule has 1 aliphatic carbocycles. The number of aliphatic hydroxyl groups excluding tert-OH is 1. The topological polar surface area (TPSA) is 60.7 Å². The van der Waals surface area contributed by atoms with Crippen LogP contribution < -0.4 is 5.32 Å². The van der Waals surface area contributed by atoms with E-state index in [1.54, 1.807) is 0 Å². The number of aromatic nitrogens is 1. The summed E-state index contributed by atoms with van der Waals surface area (Å²) in [5.74, 6) is 0.150. The van der Waals surface area contributed by atoms with Gasteiger partial charge in [0, 0.05) is 60.6 Å². The summed E-state index contributed by atoms with van der Waals surface area (Å²) in [5, 5.41) is 16.4. The smallest absolute Gasteiger partial charge is 0.234 e. The van der Waals surface area contributed by atoms with E-state index in [0.717, 1.165) is 39.0 Å². The number of rotatable bonds is 7. The van der Waals surface area contributed by atoms with Crippen LogP contribution in [0.4, 0.5) is 0 Å². The Morgan fingerprint density at radius 1 is 0.900 bits per heavy atom. The molecular formula is C24H30N4O2. The van der Waals surface area contributed by atoms with E-state index in [9.17, 15) is 9.90 Å². The van der Waals surface area contributed by atoms with Crippen LogP contribution in [0.3, 0.4) is 0 Å². The maximum Gasteiger partial charge on any atom is 0.234 e. The van der Waals surface area contributed by atoms with Crippen LogP contribution in [-0.2, 0) is 11.3 Å². The lowest BCUT2D eigenvalue weighted by Crippen LogP contribution is -2.51. The maximum absolute atomic E-state index is 12.0. The van der Waals surface area contributed by atoms with Crippen molar-refractivity contribution in [3.05, 3.63) is 48.5 Å². The van der Waals surface area contributed by atoms with Crippen molar-refractivity contribution >= 4 is 27.7 Å². The molecule has 0 unspecified atom stereocenters. The van der Waals surface area contributed by atoms with Gasteiger partial charge in [0.25, 0.3) is 0 Å². The molecule has 5 rings (SSSR count). The number of piperazine rings is 1. The summed E-state index contributed by atoms with van der Waals surface area (Å²) in [7, 11) is 0. The first-order valence-electron chi connectivity index (χ1n) is 11.1. The molecule has 1 aromatic heterocycles. The number of para-hydroxylation sites is 2. The molecule has 2 aromatic carbocycles. The monoisotopic (exact) mass is 406 g/mol. The highest BCUT2D eigenvalue weighted by Gasteiger charge is 2.26. The first kappa shape index (κ1) is 19.5. The van der Waals surface area contributed by atoms with Crippen molar-refractivity contribution in [2.45, 2.75) is 31.5 Å². The van der Waals surface area contributed by atoms with Gasteiger partial charge in [0.1, 0.15) is 0 Å². The summed E-state index contributed by atoms with van der Waals surface area (Å²) in [4.78, 5) is 16.5. The summed E-state index contributed by atoms with van der Waals surface area (Å²) in [6.45, 7) is 5.26. The molecule has 1 saturated heterocycles. The molecule has 1 atom stereocenters. The van der Waals surface area contributed by atoms with Crippen molar-refractivity contribution in [1.29, 1.82) is 0 Å². The minimum Gasteiger partial charge on any atom is -0.390 e. The number of carbonyl (C=O) groups is 1. The Hall–Kier alpha value is -2.41. The molecule has 2 N–H and O–H groups in total. The fraction of sp³-hybridized carbons (Fsp3) is 0.458. The number of fused-ring (bicyclic) bond motifs is 3. The van der Waals surface area contributed by atoms with Crippen molar-refractivity contribution < 1.29 is 9.90 Å². The third-order valence-electron chi connectivity index (χ3n) is 6.32. The number of nitrogens with one attached hydrogen (secondary N) is 1. The number of hydrogen-bond acceptors (Lipinski definition) is 4. The summed E-state index contributed by atoms with van der Waals surface area (Å²) in [6, 6.07) is 17.2. The minimum absolute atomic E-state index is 0.150. The Kier molecular flexibility index (Phi) is 5.46. The summed E-state index contributed by atoms with van der Waals surface area (Å²) in [5.41, 5.74) is 2.34. The quantitative estimate of drug-likeness (QED) is 0.631. The number of nitrogens with zero attached hydrogens (tertiary/aromatic N) is 3. The average Bonchev–Trinajstić information content (AvgIpc) is 3.52. The largest absolute Gasteiger partial charge is 0.390 e. The van der Waals surface area contributed by atoms with Crippen LogP contribution in [0.1, 0.15) is 12.8 Å². The normalized spacial score (nSPS) is 19.4. The molecule has 2 aliphatic rings. The second-order valence-corrected chi connectivity index (χ2v) is 8.72. The van der Waals surface area contributed by atoms with E-state index in [1.165, 1.54) is 21.8 Å². The zero-order valence-electron chi connectivity index (χ0n) is 17.3. The lowest BCUT2D eigenvalue weighted by molar-refractivity contribution is -0.122. The second kappa shape index (κ2) is 8.38. The van der Waals surface area contributed by atoms with Crippen LogP contribution in [0.5, 0.6) is 0 Å². The van der Waals surface area contributed by atoms with E-state index < -0.39 is 6.10 Å². The van der Waals surface area contributed by atoms with Crippen LogP contribution >= 0.6 is 0 Å². The van der Waals surface area contributed by atoms with Crippen molar-refractivity contribution in [3.63, 3.8) is 0 Å². The molecule has 3 aromatic rings. The number of hydrogen-bond donors (Lipinski definition) is 2. The van der Waals surface area contributed by atoms with Gasteiger partial charge in [-0.25, -0.2) is 0 Å². The molecule has 2 heterocycles. The fourth-order valence-electron chi connectivity index (χ4n) is 4.60. The third kappa shape index (κ3) is 4.21.